The van der Waals surface area contributed by atoms with Crippen LogP contribution >= 0.6 is 0 Å². The van der Waals surface area contributed by atoms with E-state index < -0.39 is 11.4 Å². The van der Waals surface area contributed by atoms with Gasteiger partial charge in [0.25, 0.3) is 0 Å². The van der Waals surface area contributed by atoms with Crippen LogP contribution in [0.3, 0.4) is 0 Å². The van der Waals surface area contributed by atoms with E-state index in [1.54, 1.807) is 0 Å². The molecule has 1 aliphatic heterocycles. The summed E-state index contributed by atoms with van der Waals surface area (Å²) in [6, 6.07) is 7.79. The fourth-order valence-corrected chi connectivity index (χ4v) is 3.81. The molecule has 0 aliphatic carbocycles. The Morgan fingerprint density at radius 2 is 1.96 bits per heavy atom. The molecule has 3 rings (SSSR count). The SMILES string of the molecule is CCC(C)=c1c(CC)ccc/c1=C1\c2cc(=O)c(C(=O)O)cn2CCN1C. The highest BCUT2D eigenvalue weighted by molar-refractivity contribution is 5.87. The van der Waals surface area contributed by atoms with Gasteiger partial charge in [-0.2, -0.15) is 0 Å². The van der Waals surface area contributed by atoms with E-state index in [0.717, 1.165) is 36.0 Å². The number of rotatable bonds is 3. The Hall–Kier alpha value is -2.82. The maximum atomic E-state index is 12.4. The fraction of sp³-hybridized carbons (Fsp3) is 0.364. The molecule has 0 radical (unpaired) electrons. The van der Waals surface area contributed by atoms with Crippen molar-refractivity contribution in [2.75, 3.05) is 13.6 Å². The van der Waals surface area contributed by atoms with E-state index in [1.807, 2.05) is 11.6 Å². The third kappa shape index (κ3) is 3.29. The second-order valence-corrected chi connectivity index (χ2v) is 7.03. The van der Waals surface area contributed by atoms with E-state index >= 15 is 0 Å². The molecule has 1 aliphatic rings. The smallest absolute Gasteiger partial charge is 0.341 e. The van der Waals surface area contributed by atoms with Crippen molar-refractivity contribution in [3.8, 4) is 0 Å². The molecule has 0 unspecified atom stereocenters. The van der Waals surface area contributed by atoms with Crippen molar-refractivity contribution >= 4 is 17.2 Å². The van der Waals surface area contributed by atoms with Crippen molar-refractivity contribution in [2.45, 2.75) is 40.2 Å². The van der Waals surface area contributed by atoms with Gasteiger partial charge in [0.2, 0.25) is 0 Å². The number of carbonyl (C=O) groups is 1. The van der Waals surface area contributed by atoms with E-state index in [1.165, 1.54) is 28.6 Å². The van der Waals surface area contributed by atoms with Crippen LogP contribution in [0.1, 0.15) is 48.8 Å². The van der Waals surface area contributed by atoms with Crippen LogP contribution in [-0.4, -0.2) is 34.1 Å². The number of pyridine rings is 1. The van der Waals surface area contributed by atoms with E-state index in [0.29, 0.717) is 6.54 Å². The zero-order valence-corrected chi connectivity index (χ0v) is 16.4. The van der Waals surface area contributed by atoms with Gasteiger partial charge >= 0.3 is 5.97 Å². The quantitative estimate of drug-likeness (QED) is 0.900. The minimum atomic E-state index is -1.18. The minimum absolute atomic E-state index is 0.179. The van der Waals surface area contributed by atoms with Crippen LogP contribution in [0.4, 0.5) is 0 Å². The van der Waals surface area contributed by atoms with Gasteiger partial charge in [-0.1, -0.05) is 37.6 Å². The fourth-order valence-electron chi connectivity index (χ4n) is 3.81. The molecule has 0 amide bonds. The first-order chi connectivity index (χ1) is 12.9. The summed E-state index contributed by atoms with van der Waals surface area (Å²) in [7, 11) is 2.03. The lowest BCUT2D eigenvalue weighted by Crippen LogP contribution is -2.41. The van der Waals surface area contributed by atoms with E-state index in [-0.39, 0.29) is 5.56 Å². The molecule has 0 atom stereocenters. The third-order valence-electron chi connectivity index (χ3n) is 5.40. The number of carboxylic acid groups (broad SMARTS) is 1. The van der Waals surface area contributed by atoms with E-state index in [9.17, 15) is 14.7 Å². The number of aromatic nitrogens is 1. The van der Waals surface area contributed by atoms with Gasteiger partial charge in [-0.15, -0.1) is 0 Å². The maximum Gasteiger partial charge on any atom is 0.341 e. The number of fused-ring (bicyclic) bond motifs is 1. The van der Waals surface area contributed by atoms with Crippen molar-refractivity contribution in [1.82, 2.24) is 9.47 Å². The molecule has 27 heavy (non-hydrogen) atoms. The summed E-state index contributed by atoms with van der Waals surface area (Å²) in [5, 5.41) is 11.6. The Morgan fingerprint density at radius 1 is 1.22 bits per heavy atom. The summed E-state index contributed by atoms with van der Waals surface area (Å²) in [6.07, 6.45) is 3.36. The first-order valence-electron chi connectivity index (χ1n) is 9.40. The highest BCUT2D eigenvalue weighted by Crippen LogP contribution is 2.19. The van der Waals surface area contributed by atoms with Gasteiger partial charge in [0, 0.05) is 37.6 Å². The predicted octanol–water partition coefficient (Wildman–Crippen LogP) is 1.79. The molecule has 1 N–H and O–H groups in total. The van der Waals surface area contributed by atoms with Crippen LogP contribution < -0.4 is 15.9 Å². The van der Waals surface area contributed by atoms with Gasteiger partial charge in [-0.3, -0.25) is 4.79 Å². The maximum absolute atomic E-state index is 12.4. The highest BCUT2D eigenvalue weighted by Gasteiger charge is 2.22. The Bertz CT molecular complexity index is 1080. The molecular formula is C22H26N2O3. The third-order valence-corrected chi connectivity index (χ3v) is 5.40. The second kappa shape index (κ2) is 7.43. The minimum Gasteiger partial charge on any atom is -0.477 e. The van der Waals surface area contributed by atoms with Crippen molar-refractivity contribution in [3.05, 3.63) is 67.9 Å². The van der Waals surface area contributed by atoms with Crippen molar-refractivity contribution in [2.24, 2.45) is 0 Å². The molecule has 0 saturated carbocycles. The molecule has 0 bridgehead atoms. The van der Waals surface area contributed by atoms with Gasteiger partial charge in [0.15, 0.2) is 5.43 Å². The Morgan fingerprint density at radius 3 is 2.59 bits per heavy atom. The Labute approximate surface area is 158 Å². The van der Waals surface area contributed by atoms with Crippen LogP contribution in [0, 0.1) is 0 Å². The van der Waals surface area contributed by atoms with Crippen molar-refractivity contribution < 1.29 is 9.90 Å². The zero-order valence-electron chi connectivity index (χ0n) is 16.4. The lowest BCUT2D eigenvalue weighted by molar-refractivity contribution is 0.0694. The zero-order chi connectivity index (χ0) is 19.7. The van der Waals surface area contributed by atoms with Gasteiger partial charge in [0.05, 0.1) is 11.4 Å². The summed E-state index contributed by atoms with van der Waals surface area (Å²) in [5.41, 5.74) is 3.72. The summed E-state index contributed by atoms with van der Waals surface area (Å²) in [5.74, 6) is -1.18. The first-order valence-corrected chi connectivity index (χ1v) is 9.40. The molecule has 2 heterocycles. The number of benzene rings is 1. The molecule has 5 heteroatoms. The number of hydrogen-bond acceptors (Lipinski definition) is 3. The van der Waals surface area contributed by atoms with Crippen LogP contribution in [0.5, 0.6) is 0 Å². The average molecular weight is 366 g/mol. The monoisotopic (exact) mass is 366 g/mol. The van der Waals surface area contributed by atoms with Gasteiger partial charge in [-0.25, -0.2) is 4.79 Å². The van der Waals surface area contributed by atoms with Crippen LogP contribution in [0.25, 0.3) is 11.3 Å². The lowest BCUT2D eigenvalue weighted by atomic mass is 9.99. The number of aromatic carboxylic acids is 1. The normalized spacial score (nSPS) is 16.8. The number of hydrogen-bond donors (Lipinski definition) is 1. The summed E-state index contributed by atoms with van der Waals surface area (Å²) in [4.78, 5) is 25.9. The predicted molar refractivity (Wildman–Crippen MR) is 107 cm³/mol. The summed E-state index contributed by atoms with van der Waals surface area (Å²) in [6.45, 7) is 7.86. The molecular weight excluding hydrogens is 340 g/mol. The number of aryl methyl sites for hydroxylation is 1. The molecule has 1 aromatic carbocycles. The summed E-state index contributed by atoms with van der Waals surface area (Å²) >= 11 is 0. The van der Waals surface area contributed by atoms with Crippen molar-refractivity contribution in [1.29, 1.82) is 0 Å². The molecule has 0 saturated heterocycles. The molecule has 1 aromatic heterocycles. The second-order valence-electron chi connectivity index (χ2n) is 7.03. The number of nitrogens with zero attached hydrogens (tertiary/aromatic N) is 2. The summed E-state index contributed by atoms with van der Waals surface area (Å²) < 4.78 is 1.89. The van der Waals surface area contributed by atoms with Gasteiger partial charge in [0.1, 0.15) is 5.56 Å². The topological polar surface area (TPSA) is 62.5 Å². The highest BCUT2D eigenvalue weighted by atomic mass is 16.4. The van der Waals surface area contributed by atoms with Gasteiger partial charge in [-0.05, 0) is 30.5 Å². The van der Waals surface area contributed by atoms with Crippen LogP contribution in [-0.2, 0) is 13.0 Å². The Kier molecular flexibility index (Phi) is 5.22. The average Bonchev–Trinajstić information content (AvgIpc) is 2.66. The number of likely N-dealkylation sites (N-methyl/N-ethyl adjacent to an activating group) is 1. The molecule has 2 aromatic rings. The van der Waals surface area contributed by atoms with E-state index in [4.69, 9.17) is 0 Å². The Balaban J connectivity index is 2.50. The molecule has 0 spiro atoms. The standard InChI is InChI=1S/C22H26N2O3/c1-5-14(3)20-15(6-2)8-7-9-16(20)21-18-12-19(25)17(22(26)27)13-24(18)11-10-23(21)4/h7-9,12-13H,5-6,10-11H2,1-4H3,(H,26,27)/b20-14?,21-16-. The first kappa shape index (κ1) is 19.0. The lowest BCUT2D eigenvalue weighted by Gasteiger charge is -2.32. The van der Waals surface area contributed by atoms with Crippen LogP contribution in [0.15, 0.2) is 35.3 Å². The van der Waals surface area contributed by atoms with Crippen molar-refractivity contribution in [3.63, 3.8) is 0 Å². The number of carboxylic acids is 1. The van der Waals surface area contributed by atoms with Crippen LogP contribution in [0.2, 0.25) is 0 Å². The van der Waals surface area contributed by atoms with Gasteiger partial charge < -0.3 is 14.6 Å². The molecule has 5 nitrogen and oxygen atoms in total. The molecule has 0 fully saturated rings. The largest absolute Gasteiger partial charge is 0.477 e. The van der Waals surface area contributed by atoms with E-state index in [2.05, 4.69) is 43.9 Å². The molecule has 142 valence electrons.